The van der Waals surface area contributed by atoms with Gasteiger partial charge in [0, 0.05) is 5.56 Å². The zero-order valence-electron chi connectivity index (χ0n) is 16.1. The van der Waals surface area contributed by atoms with E-state index in [0.29, 0.717) is 36.0 Å². The molecule has 0 saturated carbocycles. The lowest BCUT2D eigenvalue weighted by Gasteiger charge is -2.11. The van der Waals surface area contributed by atoms with Crippen LogP contribution in [0.2, 0.25) is 0 Å². The zero-order valence-corrected chi connectivity index (χ0v) is 16.1. The fourth-order valence-electron chi connectivity index (χ4n) is 2.55. The van der Waals surface area contributed by atoms with E-state index in [4.69, 9.17) is 14.2 Å². The summed E-state index contributed by atoms with van der Waals surface area (Å²) in [5.74, 6) is 1.78. The van der Waals surface area contributed by atoms with Gasteiger partial charge in [0.25, 0.3) is 5.91 Å². The molecule has 29 heavy (non-hydrogen) atoms. The smallest absolute Gasteiger partial charge is 0.271 e. The number of carbonyl (C=O) groups is 1. The Morgan fingerprint density at radius 1 is 0.897 bits per heavy atom. The number of rotatable bonds is 9. The van der Waals surface area contributed by atoms with Crippen molar-refractivity contribution in [2.24, 2.45) is 5.10 Å². The quantitative estimate of drug-likeness (QED) is 0.342. The number of methoxy groups -OCH3 is 1. The van der Waals surface area contributed by atoms with Gasteiger partial charge in [0.1, 0.15) is 19.0 Å². The van der Waals surface area contributed by atoms with Crippen molar-refractivity contribution >= 4 is 12.1 Å². The molecule has 3 aromatic rings. The molecule has 0 unspecified atom stereocenters. The van der Waals surface area contributed by atoms with Gasteiger partial charge in [-0.3, -0.25) is 4.79 Å². The number of hydrogen-bond acceptors (Lipinski definition) is 5. The van der Waals surface area contributed by atoms with Crippen LogP contribution in [0.25, 0.3) is 0 Å². The molecule has 0 heterocycles. The van der Waals surface area contributed by atoms with E-state index in [1.807, 2.05) is 54.6 Å². The molecule has 1 N–H and O–H groups in total. The van der Waals surface area contributed by atoms with Gasteiger partial charge in [-0.15, -0.1) is 0 Å². The number of nitrogens with zero attached hydrogens (tertiary/aromatic N) is 1. The molecule has 0 aromatic heterocycles. The third kappa shape index (κ3) is 6.10. The summed E-state index contributed by atoms with van der Waals surface area (Å²) >= 11 is 0. The molecule has 148 valence electrons. The highest BCUT2D eigenvalue weighted by Crippen LogP contribution is 2.25. The Balaban J connectivity index is 1.47. The average Bonchev–Trinajstić information content (AvgIpc) is 2.78. The molecule has 0 aliphatic carbocycles. The van der Waals surface area contributed by atoms with Crippen molar-refractivity contribution in [3.05, 3.63) is 90.0 Å². The molecule has 1 amide bonds. The topological polar surface area (TPSA) is 69.2 Å². The van der Waals surface area contributed by atoms with Crippen LogP contribution in [-0.4, -0.2) is 32.4 Å². The SMILES string of the molecule is COc1ccccc1OCCOc1cccc(/C=N/NC(=O)c2ccccc2)c1. The van der Waals surface area contributed by atoms with Crippen LogP contribution >= 0.6 is 0 Å². The number of hydrazone groups is 1. The van der Waals surface area contributed by atoms with Crippen LogP contribution in [0, 0.1) is 0 Å². The lowest BCUT2D eigenvalue weighted by molar-refractivity contribution is 0.0955. The normalized spacial score (nSPS) is 10.5. The van der Waals surface area contributed by atoms with Gasteiger partial charge >= 0.3 is 0 Å². The summed E-state index contributed by atoms with van der Waals surface area (Å²) in [7, 11) is 1.61. The van der Waals surface area contributed by atoms with E-state index in [1.165, 1.54) is 0 Å². The maximum absolute atomic E-state index is 12.0. The van der Waals surface area contributed by atoms with Gasteiger partial charge in [-0.05, 0) is 42.0 Å². The van der Waals surface area contributed by atoms with Crippen LogP contribution in [0.3, 0.4) is 0 Å². The highest BCUT2D eigenvalue weighted by Gasteiger charge is 2.03. The summed E-state index contributed by atoms with van der Waals surface area (Å²) in [5.41, 5.74) is 3.87. The van der Waals surface area contributed by atoms with E-state index >= 15 is 0 Å². The van der Waals surface area contributed by atoms with Gasteiger partial charge < -0.3 is 14.2 Å². The molecule has 0 spiro atoms. The highest BCUT2D eigenvalue weighted by atomic mass is 16.5. The molecule has 0 bridgehead atoms. The first kappa shape index (κ1) is 19.9. The second-order valence-corrected chi connectivity index (χ2v) is 5.99. The average molecular weight is 390 g/mol. The number of ether oxygens (including phenoxy) is 3. The Morgan fingerprint density at radius 2 is 1.62 bits per heavy atom. The molecule has 3 aromatic carbocycles. The molecule has 0 fully saturated rings. The lowest BCUT2D eigenvalue weighted by atomic mass is 10.2. The summed E-state index contributed by atoms with van der Waals surface area (Å²) in [6.07, 6.45) is 1.57. The van der Waals surface area contributed by atoms with Gasteiger partial charge in [0.05, 0.1) is 13.3 Å². The Kier molecular flexibility index (Phi) is 7.23. The molecule has 0 atom stereocenters. The van der Waals surface area contributed by atoms with Crippen molar-refractivity contribution in [3.8, 4) is 17.2 Å². The lowest BCUT2D eigenvalue weighted by Crippen LogP contribution is -2.17. The first-order chi connectivity index (χ1) is 14.3. The van der Waals surface area contributed by atoms with E-state index in [-0.39, 0.29) is 5.91 Å². The van der Waals surface area contributed by atoms with Crippen molar-refractivity contribution in [2.75, 3.05) is 20.3 Å². The highest BCUT2D eigenvalue weighted by molar-refractivity contribution is 5.94. The number of para-hydroxylation sites is 2. The maximum atomic E-state index is 12.0. The van der Waals surface area contributed by atoms with Crippen LogP contribution < -0.4 is 19.6 Å². The predicted molar refractivity (Wildman–Crippen MR) is 112 cm³/mol. The Hall–Kier alpha value is -3.80. The number of amides is 1. The summed E-state index contributed by atoms with van der Waals surface area (Å²) < 4.78 is 16.7. The zero-order chi connectivity index (χ0) is 20.3. The van der Waals surface area contributed by atoms with E-state index in [0.717, 1.165) is 5.56 Å². The number of carbonyl (C=O) groups excluding carboxylic acids is 1. The van der Waals surface area contributed by atoms with Crippen LogP contribution in [0.5, 0.6) is 17.2 Å². The van der Waals surface area contributed by atoms with Crippen LogP contribution in [0.1, 0.15) is 15.9 Å². The minimum absolute atomic E-state index is 0.261. The first-order valence-corrected chi connectivity index (χ1v) is 9.13. The van der Waals surface area contributed by atoms with E-state index < -0.39 is 0 Å². The Bertz CT molecular complexity index is 958. The standard InChI is InChI=1S/C23H22N2O4/c1-27-21-12-5-6-13-22(21)29-15-14-28-20-11-7-8-18(16-20)17-24-25-23(26)19-9-3-2-4-10-19/h2-13,16-17H,14-15H2,1H3,(H,25,26)/b24-17+. The molecule has 3 rings (SSSR count). The van der Waals surface area contributed by atoms with Crippen molar-refractivity contribution in [3.63, 3.8) is 0 Å². The Labute approximate surface area is 169 Å². The minimum atomic E-state index is -0.261. The van der Waals surface area contributed by atoms with Crippen LogP contribution in [0.15, 0.2) is 84.0 Å². The predicted octanol–water partition coefficient (Wildman–Crippen LogP) is 3.92. The first-order valence-electron chi connectivity index (χ1n) is 9.13. The summed E-state index contributed by atoms with van der Waals surface area (Å²) in [5, 5.41) is 4.00. The molecule has 6 nitrogen and oxygen atoms in total. The van der Waals surface area contributed by atoms with Crippen molar-refractivity contribution in [1.82, 2.24) is 5.43 Å². The maximum Gasteiger partial charge on any atom is 0.271 e. The van der Waals surface area contributed by atoms with Crippen molar-refractivity contribution in [1.29, 1.82) is 0 Å². The van der Waals surface area contributed by atoms with E-state index in [9.17, 15) is 4.79 Å². The fraction of sp³-hybridized carbons (Fsp3) is 0.130. The molecule has 0 aliphatic rings. The summed E-state index contributed by atoms with van der Waals surface area (Å²) in [6, 6.07) is 23.8. The fourth-order valence-corrected chi connectivity index (χ4v) is 2.55. The van der Waals surface area contributed by atoms with Gasteiger partial charge in [-0.2, -0.15) is 5.10 Å². The molecular formula is C23H22N2O4. The van der Waals surface area contributed by atoms with Crippen LogP contribution in [0.4, 0.5) is 0 Å². The summed E-state index contributed by atoms with van der Waals surface area (Å²) in [4.78, 5) is 12.0. The van der Waals surface area contributed by atoms with Gasteiger partial charge in [-0.1, -0.05) is 42.5 Å². The largest absolute Gasteiger partial charge is 0.493 e. The van der Waals surface area contributed by atoms with Crippen molar-refractivity contribution in [2.45, 2.75) is 0 Å². The van der Waals surface area contributed by atoms with Gasteiger partial charge in [-0.25, -0.2) is 5.43 Å². The third-order valence-electron chi connectivity index (χ3n) is 3.95. The third-order valence-corrected chi connectivity index (χ3v) is 3.95. The molecular weight excluding hydrogens is 368 g/mol. The van der Waals surface area contributed by atoms with Crippen LogP contribution in [-0.2, 0) is 0 Å². The minimum Gasteiger partial charge on any atom is -0.493 e. The molecule has 0 radical (unpaired) electrons. The molecule has 0 aliphatic heterocycles. The number of nitrogens with one attached hydrogen (secondary N) is 1. The monoisotopic (exact) mass is 390 g/mol. The molecule has 0 saturated heterocycles. The second-order valence-electron chi connectivity index (χ2n) is 5.99. The second kappa shape index (κ2) is 10.5. The number of hydrogen-bond donors (Lipinski definition) is 1. The molecule has 6 heteroatoms. The van der Waals surface area contributed by atoms with E-state index in [1.54, 1.807) is 37.6 Å². The van der Waals surface area contributed by atoms with Gasteiger partial charge in [0.2, 0.25) is 0 Å². The van der Waals surface area contributed by atoms with Gasteiger partial charge in [0.15, 0.2) is 11.5 Å². The summed E-state index contributed by atoms with van der Waals surface area (Å²) in [6.45, 7) is 0.759. The Morgan fingerprint density at radius 3 is 2.41 bits per heavy atom. The van der Waals surface area contributed by atoms with E-state index in [2.05, 4.69) is 10.5 Å². The number of benzene rings is 3. The van der Waals surface area contributed by atoms with Crippen molar-refractivity contribution < 1.29 is 19.0 Å².